The van der Waals surface area contributed by atoms with E-state index in [0.29, 0.717) is 0 Å². The van der Waals surface area contributed by atoms with Crippen LogP contribution in [0.1, 0.15) is 26.3 Å². The maximum Gasteiger partial charge on any atom is 0.339 e. The zero-order chi connectivity index (χ0) is 23.2. The number of hydrogen-bond donors (Lipinski definition) is 0. The monoisotopic (exact) mass is 426 g/mol. The standard InChI is InChI=1S/C21H18N2O8/c1-28-17(24)13-7-5-6-12(16(13)19(26)30-3)8-9-21(20(27)31-4)14(18(25)29-2)11-23-15(21)10-22/h5-9,11H,1-4H3/b9-8-. The Kier molecular flexibility index (Phi) is 7.05. The molecule has 0 aliphatic carbocycles. The molecule has 1 heterocycles. The van der Waals surface area contributed by atoms with Crippen molar-refractivity contribution < 1.29 is 38.1 Å². The van der Waals surface area contributed by atoms with Gasteiger partial charge in [0.2, 0.25) is 0 Å². The number of rotatable bonds is 6. The molecule has 0 bridgehead atoms. The zero-order valence-electron chi connectivity index (χ0n) is 17.1. The number of nitrogens with zero attached hydrogens (tertiary/aromatic N) is 2. The van der Waals surface area contributed by atoms with Crippen LogP contribution in [0.15, 0.2) is 41.0 Å². The van der Waals surface area contributed by atoms with Gasteiger partial charge < -0.3 is 18.9 Å². The summed E-state index contributed by atoms with van der Waals surface area (Å²) in [7, 11) is 4.47. The summed E-state index contributed by atoms with van der Waals surface area (Å²) in [4.78, 5) is 53.3. The lowest BCUT2D eigenvalue weighted by atomic mass is 9.76. The Morgan fingerprint density at radius 1 is 0.968 bits per heavy atom. The molecule has 10 heteroatoms. The van der Waals surface area contributed by atoms with E-state index in [9.17, 15) is 24.4 Å². The predicted molar refractivity (Wildman–Crippen MR) is 106 cm³/mol. The molecule has 0 radical (unpaired) electrons. The van der Waals surface area contributed by atoms with Gasteiger partial charge in [-0.2, -0.15) is 5.26 Å². The molecule has 31 heavy (non-hydrogen) atoms. The van der Waals surface area contributed by atoms with Crippen molar-refractivity contribution in [2.24, 2.45) is 10.4 Å². The number of benzene rings is 1. The minimum atomic E-state index is -2.01. The fourth-order valence-corrected chi connectivity index (χ4v) is 3.04. The fraction of sp³-hybridized carbons (Fsp3) is 0.238. The van der Waals surface area contributed by atoms with Gasteiger partial charge in [0.15, 0.2) is 5.41 Å². The molecular weight excluding hydrogens is 408 g/mol. The third-order valence-electron chi connectivity index (χ3n) is 4.54. The minimum absolute atomic E-state index is 0.0760. The van der Waals surface area contributed by atoms with Gasteiger partial charge in [-0.15, -0.1) is 0 Å². The largest absolute Gasteiger partial charge is 0.468 e. The highest BCUT2D eigenvalue weighted by Gasteiger charge is 2.52. The van der Waals surface area contributed by atoms with Gasteiger partial charge in [-0.1, -0.05) is 24.3 Å². The average molecular weight is 426 g/mol. The molecule has 1 atom stereocenters. The van der Waals surface area contributed by atoms with Crippen LogP contribution < -0.4 is 0 Å². The van der Waals surface area contributed by atoms with Crippen molar-refractivity contribution >= 4 is 35.7 Å². The van der Waals surface area contributed by atoms with Crippen LogP contribution in [0, 0.1) is 16.7 Å². The van der Waals surface area contributed by atoms with Crippen molar-refractivity contribution in [2.45, 2.75) is 0 Å². The number of methoxy groups -OCH3 is 4. The van der Waals surface area contributed by atoms with Gasteiger partial charge in [0.1, 0.15) is 11.8 Å². The first-order valence-corrected chi connectivity index (χ1v) is 8.66. The molecule has 0 N–H and O–H groups in total. The fourth-order valence-electron chi connectivity index (χ4n) is 3.04. The Balaban J connectivity index is 2.76. The van der Waals surface area contributed by atoms with Crippen molar-refractivity contribution in [3.05, 3.63) is 52.7 Å². The van der Waals surface area contributed by atoms with Gasteiger partial charge in [-0.3, -0.25) is 4.79 Å². The van der Waals surface area contributed by atoms with Crippen LogP contribution in [0.3, 0.4) is 0 Å². The highest BCUT2D eigenvalue weighted by Crippen LogP contribution is 2.39. The van der Waals surface area contributed by atoms with Crippen LogP contribution in [0.5, 0.6) is 0 Å². The molecule has 0 fully saturated rings. The van der Waals surface area contributed by atoms with Gasteiger partial charge in [-0.05, 0) is 11.6 Å². The van der Waals surface area contributed by atoms with Crippen LogP contribution in [0.4, 0.5) is 0 Å². The van der Waals surface area contributed by atoms with Gasteiger partial charge >= 0.3 is 23.9 Å². The Bertz CT molecular complexity index is 1080. The summed E-state index contributed by atoms with van der Waals surface area (Å²) in [6.07, 6.45) is 3.50. The van der Waals surface area contributed by atoms with Crippen molar-refractivity contribution in [1.29, 1.82) is 5.26 Å². The molecule has 0 saturated heterocycles. The SMILES string of the molecule is COC(=O)C1=CN=C(C#N)C1(/C=C\c1cccc(C(=O)OC)c1C(=O)OC)C(=O)OC. The van der Waals surface area contributed by atoms with E-state index in [1.165, 1.54) is 30.4 Å². The smallest absolute Gasteiger partial charge is 0.339 e. The number of ether oxygens (including phenoxy) is 4. The second-order valence-electron chi connectivity index (χ2n) is 6.01. The van der Waals surface area contributed by atoms with Crippen LogP contribution in [-0.2, 0) is 28.5 Å². The Labute approximate surface area is 177 Å². The lowest BCUT2D eigenvalue weighted by Crippen LogP contribution is -2.40. The molecule has 1 aromatic carbocycles. The molecular formula is C21H18N2O8. The molecule has 0 aromatic heterocycles. The second-order valence-corrected chi connectivity index (χ2v) is 6.01. The van der Waals surface area contributed by atoms with Crippen molar-refractivity contribution in [2.75, 3.05) is 28.4 Å². The van der Waals surface area contributed by atoms with Crippen molar-refractivity contribution in [3.8, 4) is 6.07 Å². The number of aliphatic imine (C=N–C) groups is 1. The lowest BCUT2D eigenvalue weighted by molar-refractivity contribution is -0.148. The summed E-state index contributed by atoms with van der Waals surface area (Å²) in [5.41, 5.74) is -2.65. The number of carbonyl (C=O) groups is 4. The van der Waals surface area contributed by atoms with Crippen LogP contribution in [0.2, 0.25) is 0 Å². The highest BCUT2D eigenvalue weighted by molar-refractivity contribution is 6.25. The summed E-state index contributed by atoms with van der Waals surface area (Å²) >= 11 is 0. The van der Waals surface area contributed by atoms with Gasteiger partial charge in [0, 0.05) is 6.20 Å². The van der Waals surface area contributed by atoms with Crippen LogP contribution in [0.25, 0.3) is 6.08 Å². The summed E-state index contributed by atoms with van der Waals surface area (Å²) in [5, 5.41) is 9.50. The van der Waals surface area contributed by atoms with E-state index in [2.05, 4.69) is 4.99 Å². The molecule has 1 aliphatic rings. The third kappa shape index (κ3) is 3.93. The second kappa shape index (κ2) is 9.49. The van der Waals surface area contributed by atoms with Crippen molar-refractivity contribution in [1.82, 2.24) is 0 Å². The number of esters is 4. The Hall–Kier alpha value is -4.26. The maximum absolute atomic E-state index is 12.7. The number of carbonyl (C=O) groups excluding carboxylic acids is 4. The van der Waals surface area contributed by atoms with E-state index in [1.54, 1.807) is 6.07 Å². The summed E-state index contributed by atoms with van der Waals surface area (Å²) in [6.45, 7) is 0. The normalized spacial score (nSPS) is 17.3. The topological polar surface area (TPSA) is 141 Å². The molecule has 160 valence electrons. The van der Waals surface area contributed by atoms with Crippen molar-refractivity contribution in [3.63, 3.8) is 0 Å². The highest BCUT2D eigenvalue weighted by atomic mass is 16.5. The molecule has 10 nitrogen and oxygen atoms in total. The molecule has 2 rings (SSSR count). The van der Waals surface area contributed by atoms with Crippen LogP contribution in [-0.4, -0.2) is 58.0 Å². The molecule has 1 unspecified atom stereocenters. The molecule has 0 spiro atoms. The first-order chi connectivity index (χ1) is 14.8. The third-order valence-corrected chi connectivity index (χ3v) is 4.54. The van der Waals surface area contributed by atoms with Gasteiger partial charge in [-0.25, -0.2) is 19.4 Å². The summed E-state index contributed by atoms with van der Waals surface area (Å²) in [6, 6.07) is 6.09. The summed E-state index contributed by atoms with van der Waals surface area (Å²) in [5.74, 6) is -3.49. The van der Waals surface area contributed by atoms with Gasteiger partial charge in [0.25, 0.3) is 0 Å². The summed E-state index contributed by atoms with van der Waals surface area (Å²) < 4.78 is 19.0. The first kappa shape index (κ1) is 23.0. The number of nitriles is 1. The Morgan fingerprint density at radius 2 is 1.61 bits per heavy atom. The molecule has 1 aromatic rings. The van der Waals surface area contributed by atoms with E-state index >= 15 is 0 Å². The lowest BCUT2D eigenvalue weighted by Gasteiger charge is -2.24. The van der Waals surface area contributed by atoms with E-state index in [4.69, 9.17) is 18.9 Å². The molecule has 0 saturated carbocycles. The quantitative estimate of drug-likeness (QED) is 0.488. The predicted octanol–water partition coefficient (Wildman–Crippen LogP) is 1.47. The maximum atomic E-state index is 12.7. The van der Waals surface area contributed by atoms with Crippen LogP contribution >= 0.6 is 0 Å². The zero-order valence-corrected chi connectivity index (χ0v) is 17.1. The van der Waals surface area contributed by atoms with E-state index in [1.807, 2.05) is 0 Å². The average Bonchev–Trinajstić information content (AvgIpc) is 3.19. The van der Waals surface area contributed by atoms with E-state index in [-0.39, 0.29) is 28.0 Å². The van der Waals surface area contributed by atoms with E-state index in [0.717, 1.165) is 34.6 Å². The van der Waals surface area contributed by atoms with Gasteiger partial charge in [0.05, 0.1) is 45.1 Å². The number of hydrogen-bond acceptors (Lipinski definition) is 10. The first-order valence-electron chi connectivity index (χ1n) is 8.66. The molecule has 1 aliphatic heterocycles. The van der Waals surface area contributed by atoms with E-state index < -0.39 is 29.3 Å². The molecule has 0 amide bonds. The minimum Gasteiger partial charge on any atom is -0.468 e. The Morgan fingerprint density at radius 3 is 2.16 bits per heavy atom.